The number of H-pyrrole nitrogens is 1. The number of pyridine rings is 1. The van der Waals surface area contributed by atoms with Crippen molar-refractivity contribution < 1.29 is 0 Å². The van der Waals surface area contributed by atoms with Crippen LogP contribution in [-0.2, 0) is 0 Å². The van der Waals surface area contributed by atoms with Crippen LogP contribution < -0.4 is 5.73 Å². The van der Waals surface area contributed by atoms with Crippen LogP contribution >= 0.6 is 0 Å². The highest BCUT2D eigenvalue weighted by Crippen LogP contribution is 2.36. The fourth-order valence-electron chi connectivity index (χ4n) is 5.42. The second-order valence-corrected chi connectivity index (χ2v) is 9.28. The van der Waals surface area contributed by atoms with E-state index in [4.69, 9.17) is 5.73 Å². The van der Waals surface area contributed by atoms with Crippen LogP contribution in [0.15, 0.2) is 66.7 Å². The topological polar surface area (TPSA) is 83.7 Å². The number of nitrogen functional groups attached to an aromatic ring is 1. The van der Waals surface area contributed by atoms with Gasteiger partial charge in [-0.1, -0.05) is 60.7 Å². The maximum atomic E-state index is 6.13. The Kier molecular flexibility index (Phi) is 6.35. The number of rotatable bonds is 7. The van der Waals surface area contributed by atoms with E-state index >= 15 is 0 Å². The fourth-order valence-corrected chi connectivity index (χ4v) is 5.42. The van der Waals surface area contributed by atoms with E-state index < -0.39 is 0 Å². The molecule has 1 aliphatic carbocycles. The van der Waals surface area contributed by atoms with Crippen LogP contribution in [0.5, 0.6) is 0 Å². The van der Waals surface area contributed by atoms with E-state index in [2.05, 4.69) is 93.0 Å². The lowest BCUT2D eigenvalue weighted by Crippen LogP contribution is -2.36. The molecule has 6 nitrogen and oxygen atoms in total. The number of benzene rings is 2. The van der Waals surface area contributed by atoms with Gasteiger partial charge in [0.1, 0.15) is 11.3 Å². The van der Waals surface area contributed by atoms with E-state index in [1.54, 1.807) is 0 Å². The fraction of sp³-hybridized carbons (Fsp3) is 0.370. The Morgan fingerprint density at radius 2 is 1.67 bits per heavy atom. The Hall–Kier alpha value is -3.25. The third-order valence-corrected chi connectivity index (χ3v) is 7.28. The molecule has 0 amide bonds. The molecule has 2 aromatic carbocycles. The summed E-state index contributed by atoms with van der Waals surface area (Å²) in [7, 11) is 2.28. The van der Waals surface area contributed by atoms with Gasteiger partial charge in [0, 0.05) is 12.0 Å². The molecule has 0 bridgehead atoms. The number of fused-ring (bicyclic) bond motifs is 1. The molecule has 170 valence electrons. The highest BCUT2D eigenvalue weighted by atomic mass is 15.3. The molecule has 1 atom stereocenters. The van der Waals surface area contributed by atoms with Gasteiger partial charge in [-0.3, -0.25) is 0 Å². The molecule has 0 unspecified atom stereocenters. The predicted octanol–water partition coefficient (Wildman–Crippen LogP) is 5.12. The molecule has 2 heterocycles. The van der Waals surface area contributed by atoms with Crippen LogP contribution in [0.25, 0.3) is 11.2 Å². The Labute approximate surface area is 195 Å². The van der Waals surface area contributed by atoms with E-state index in [0.717, 1.165) is 24.0 Å². The first-order chi connectivity index (χ1) is 16.2. The maximum absolute atomic E-state index is 6.13. The molecule has 2 aromatic heterocycles. The molecule has 6 heteroatoms. The molecule has 3 N–H and O–H groups in total. The largest absolute Gasteiger partial charge is 0.384 e. The Morgan fingerprint density at radius 3 is 2.39 bits per heavy atom. The van der Waals surface area contributed by atoms with Crippen LogP contribution in [0.1, 0.15) is 60.6 Å². The molecule has 1 saturated carbocycles. The highest BCUT2D eigenvalue weighted by Gasteiger charge is 2.26. The molecule has 5 rings (SSSR count). The number of nitrogens with one attached hydrogen (secondary N) is 1. The van der Waals surface area contributed by atoms with Gasteiger partial charge in [0.2, 0.25) is 5.65 Å². The van der Waals surface area contributed by atoms with Gasteiger partial charge in [-0.15, -0.1) is 5.10 Å². The van der Waals surface area contributed by atoms with Crippen LogP contribution in [0.4, 0.5) is 5.82 Å². The van der Waals surface area contributed by atoms with Crippen molar-refractivity contribution >= 4 is 17.0 Å². The minimum atomic E-state index is 0.187. The van der Waals surface area contributed by atoms with E-state index in [1.807, 2.05) is 6.07 Å². The second-order valence-electron chi connectivity index (χ2n) is 9.28. The van der Waals surface area contributed by atoms with Crippen molar-refractivity contribution in [2.24, 2.45) is 0 Å². The first-order valence-electron chi connectivity index (χ1n) is 12.0. The summed E-state index contributed by atoms with van der Waals surface area (Å²) in [5.74, 6) is 1.38. The monoisotopic (exact) mass is 440 g/mol. The number of nitrogens with two attached hydrogens (primary N) is 1. The standard InChI is InChI=1S/C27H32N6/c1-33(22-14-12-20(13-15-22)19-8-4-2-5-9-19)17-16-23(21-10-6-3-7-11-21)24-18-25(28)29-27-26(24)30-32-31-27/h2-11,18,20,22-23H,12-17H2,1H3,(H3,28,29,30,31,32)/t20?,22?,23-/m1/s1. The van der Waals surface area contributed by atoms with Crippen molar-refractivity contribution in [1.29, 1.82) is 0 Å². The number of nitrogens with zero attached hydrogens (tertiary/aromatic N) is 4. The molecule has 1 aliphatic rings. The minimum absolute atomic E-state index is 0.187. The number of anilines is 1. The average molecular weight is 441 g/mol. The van der Waals surface area contributed by atoms with Gasteiger partial charge in [-0.25, -0.2) is 4.98 Å². The highest BCUT2D eigenvalue weighted by molar-refractivity contribution is 5.77. The van der Waals surface area contributed by atoms with Crippen LogP contribution in [0, 0.1) is 0 Å². The summed E-state index contributed by atoms with van der Waals surface area (Å²) in [5, 5.41) is 11.3. The summed E-state index contributed by atoms with van der Waals surface area (Å²) in [6.45, 7) is 1.02. The summed E-state index contributed by atoms with van der Waals surface area (Å²) in [6.07, 6.45) is 6.03. The molecule has 0 radical (unpaired) electrons. The number of hydrogen-bond acceptors (Lipinski definition) is 5. The number of aromatic amines is 1. The SMILES string of the molecule is CN(CC[C@H](c1ccccc1)c1cc(N)nc2n[nH]nc12)C1CCC(c2ccccc2)CC1. The molecule has 1 fully saturated rings. The van der Waals surface area contributed by atoms with Gasteiger partial charge in [0.15, 0.2) is 0 Å². The zero-order chi connectivity index (χ0) is 22.6. The quantitative estimate of drug-likeness (QED) is 0.417. The van der Waals surface area contributed by atoms with Crippen LogP contribution in [0.2, 0.25) is 0 Å². The number of hydrogen-bond donors (Lipinski definition) is 2. The molecular formula is C27H32N6. The summed E-state index contributed by atoms with van der Waals surface area (Å²) in [4.78, 5) is 6.89. The van der Waals surface area contributed by atoms with Gasteiger partial charge in [0.25, 0.3) is 0 Å². The Balaban J connectivity index is 1.30. The predicted molar refractivity (Wildman–Crippen MR) is 133 cm³/mol. The van der Waals surface area contributed by atoms with Gasteiger partial charge in [-0.05, 0) is 74.4 Å². The van der Waals surface area contributed by atoms with Crippen molar-refractivity contribution in [3.05, 3.63) is 83.4 Å². The van der Waals surface area contributed by atoms with Gasteiger partial charge in [-0.2, -0.15) is 10.3 Å². The van der Waals surface area contributed by atoms with Crippen molar-refractivity contribution in [3.63, 3.8) is 0 Å². The van der Waals surface area contributed by atoms with Crippen molar-refractivity contribution in [2.45, 2.75) is 50.0 Å². The lowest BCUT2D eigenvalue weighted by molar-refractivity contribution is 0.179. The minimum Gasteiger partial charge on any atom is -0.384 e. The molecule has 0 spiro atoms. The molecular weight excluding hydrogens is 408 g/mol. The van der Waals surface area contributed by atoms with Gasteiger partial charge >= 0.3 is 0 Å². The van der Waals surface area contributed by atoms with E-state index in [0.29, 0.717) is 23.4 Å². The third-order valence-electron chi connectivity index (χ3n) is 7.28. The first-order valence-corrected chi connectivity index (χ1v) is 12.0. The second kappa shape index (κ2) is 9.71. The van der Waals surface area contributed by atoms with Crippen molar-refractivity contribution in [2.75, 3.05) is 19.3 Å². The number of aromatic nitrogens is 4. The summed E-state index contributed by atoms with van der Waals surface area (Å²) >= 11 is 0. The molecule has 0 saturated heterocycles. The van der Waals surface area contributed by atoms with E-state index in [1.165, 1.54) is 36.8 Å². The Morgan fingerprint density at radius 1 is 0.970 bits per heavy atom. The smallest absolute Gasteiger partial charge is 0.203 e. The lowest BCUT2D eigenvalue weighted by Gasteiger charge is -2.35. The van der Waals surface area contributed by atoms with Crippen molar-refractivity contribution in [3.8, 4) is 0 Å². The van der Waals surface area contributed by atoms with Crippen LogP contribution in [0.3, 0.4) is 0 Å². The summed E-state index contributed by atoms with van der Waals surface area (Å²) in [6, 6.07) is 24.2. The van der Waals surface area contributed by atoms with Crippen LogP contribution in [-0.4, -0.2) is 44.9 Å². The lowest BCUT2D eigenvalue weighted by atomic mass is 9.81. The zero-order valence-electron chi connectivity index (χ0n) is 19.2. The summed E-state index contributed by atoms with van der Waals surface area (Å²) < 4.78 is 0. The summed E-state index contributed by atoms with van der Waals surface area (Å²) in [5.41, 5.74) is 11.4. The third kappa shape index (κ3) is 4.76. The molecule has 33 heavy (non-hydrogen) atoms. The zero-order valence-corrected chi connectivity index (χ0v) is 19.2. The van der Waals surface area contributed by atoms with Gasteiger partial charge in [0.05, 0.1) is 0 Å². The van der Waals surface area contributed by atoms with E-state index in [9.17, 15) is 0 Å². The van der Waals surface area contributed by atoms with Gasteiger partial charge < -0.3 is 10.6 Å². The first kappa shape index (κ1) is 21.6. The maximum Gasteiger partial charge on any atom is 0.203 e. The van der Waals surface area contributed by atoms with E-state index in [-0.39, 0.29) is 5.92 Å². The molecule has 0 aliphatic heterocycles. The Bertz CT molecular complexity index is 1170. The normalized spacial score (nSPS) is 19.7. The molecule has 4 aromatic rings. The average Bonchev–Trinajstić information content (AvgIpc) is 3.34. The van der Waals surface area contributed by atoms with Crippen molar-refractivity contribution in [1.82, 2.24) is 25.3 Å².